The Morgan fingerprint density at radius 2 is 1.79 bits per heavy atom. The highest BCUT2D eigenvalue weighted by molar-refractivity contribution is 5.27. The summed E-state index contributed by atoms with van der Waals surface area (Å²) >= 11 is 0. The summed E-state index contributed by atoms with van der Waals surface area (Å²) < 4.78 is 5.17. The molecule has 0 saturated heterocycles. The second kappa shape index (κ2) is 8.21. The molecule has 0 unspecified atom stereocenters. The topological polar surface area (TPSA) is 21.3 Å². The van der Waals surface area contributed by atoms with E-state index in [0.29, 0.717) is 0 Å². The number of rotatable bonds is 7. The van der Waals surface area contributed by atoms with E-state index in [1.54, 1.807) is 7.11 Å². The Morgan fingerprint density at radius 3 is 2.47 bits per heavy atom. The predicted octanol–water partition coefficient (Wildman–Crippen LogP) is 3.94. The van der Waals surface area contributed by atoms with Crippen LogP contribution in [0, 0.1) is 0 Å². The van der Waals surface area contributed by atoms with Gasteiger partial charge in [-0.2, -0.15) is 0 Å². The molecule has 1 aromatic carbocycles. The van der Waals surface area contributed by atoms with Crippen molar-refractivity contribution < 1.29 is 4.74 Å². The molecular weight excluding hydrogens is 234 g/mol. The van der Waals surface area contributed by atoms with E-state index < -0.39 is 0 Å². The zero-order chi connectivity index (χ0) is 13.3. The monoisotopic (exact) mass is 261 g/mol. The summed E-state index contributed by atoms with van der Waals surface area (Å²) in [5.41, 5.74) is 1.42. The molecule has 1 aromatic rings. The molecule has 0 aromatic heterocycles. The zero-order valence-electron chi connectivity index (χ0n) is 12.2. The van der Waals surface area contributed by atoms with Gasteiger partial charge in [-0.25, -0.2) is 0 Å². The molecule has 2 heteroatoms. The van der Waals surface area contributed by atoms with Gasteiger partial charge >= 0.3 is 0 Å². The van der Waals surface area contributed by atoms with Gasteiger partial charge in [-0.05, 0) is 56.3 Å². The van der Waals surface area contributed by atoms with Crippen LogP contribution < -0.4 is 10.1 Å². The van der Waals surface area contributed by atoms with Crippen molar-refractivity contribution in [3.8, 4) is 5.75 Å². The highest BCUT2D eigenvalue weighted by Crippen LogP contribution is 2.17. The zero-order valence-corrected chi connectivity index (χ0v) is 12.2. The third-order valence-corrected chi connectivity index (χ3v) is 4.09. The number of ether oxygens (including phenoxy) is 1. The molecule has 19 heavy (non-hydrogen) atoms. The summed E-state index contributed by atoms with van der Waals surface area (Å²) in [4.78, 5) is 0. The highest BCUT2D eigenvalue weighted by Gasteiger charge is 2.11. The van der Waals surface area contributed by atoms with Crippen molar-refractivity contribution in [2.75, 3.05) is 13.7 Å². The number of aryl methyl sites for hydroxylation is 1. The Balaban J connectivity index is 1.55. The fraction of sp³-hybridized carbons (Fsp3) is 0.647. The minimum atomic E-state index is 0.801. The van der Waals surface area contributed by atoms with Crippen LogP contribution in [0.25, 0.3) is 0 Å². The molecular formula is C17H27NO. The molecule has 1 N–H and O–H groups in total. The first-order chi connectivity index (χ1) is 9.38. The molecule has 2 nitrogen and oxygen atoms in total. The maximum absolute atomic E-state index is 5.17. The summed E-state index contributed by atoms with van der Waals surface area (Å²) in [6.45, 7) is 1.18. The summed E-state index contributed by atoms with van der Waals surface area (Å²) in [5, 5.41) is 3.71. The standard InChI is InChI=1S/C17H27NO/c1-19-17-12-10-15(11-13-17)7-5-6-14-18-16-8-3-2-4-9-16/h10-13,16,18H,2-9,14H2,1H3. The summed E-state index contributed by atoms with van der Waals surface area (Å²) in [7, 11) is 1.71. The van der Waals surface area contributed by atoms with Gasteiger partial charge in [0.2, 0.25) is 0 Å². The maximum atomic E-state index is 5.17. The Bertz CT molecular complexity index is 341. The molecule has 0 atom stereocenters. The molecule has 0 amide bonds. The van der Waals surface area contributed by atoms with Crippen LogP contribution in [0.15, 0.2) is 24.3 Å². The molecule has 1 saturated carbocycles. The van der Waals surface area contributed by atoms with Crippen LogP contribution in [0.2, 0.25) is 0 Å². The van der Waals surface area contributed by atoms with E-state index in [4.69, 9.17) is 4.74 Å². The first-order valence-corrected chi connectivity index (χ1v) is 7.75. The van der Waals surface area contributed by atoms with Gasteiger partial charge < -0.3 is 10.1 Å². The molecule has 2 rings (SSSR count). The average Bonchev–Trinajstić information content (AvgIpc) is 2.49. The lowest BCUT2D eigenvalue weighted by atomic mass is 9.95. The lowest BCUT2D eigenvalue weighted by Gasteiger charge is -2.22. The number of hydrogen-bond acceptors (Lipinski definition) is 2. The van der Waals surface area contributed by atoms with Crippen molar-refractivity contribution >= 4 is 0 Å². The molecule has 1 aliphatic rings. The molecule has 0 spiro atoms. The van der Waals surface area contributed by atoms with Crippen LogP contribution >= 0.6 is 0 Å². The van der Waals surface area contributed by atoms with E-state index >= 15 is 0 Å². The van der Waals surface area contributed by atoms with Gasteiger partial charge in [0.1, 0.15) is 5.75 Å². The minimum absolute atomic E-state index is 0.801. The van der Waals surface area contributed by atoms with E-state index in [9.17, 15) is 0 Å². The van der Waals surface area contributed by atoms with Crippen LogP contribution in [-0.4, -0.2) is 19.7 Å². The van der Waals surface area contributed by atoms with E-state index in [-0.39, 0.29) is 0 Å². The lowest BCUT2D eigenvalue weighted by molar-refractivity contribution is 0.371. The van der Waals surface area contributed by atoms with Crippen LogP contribution in [0.3, 0.4) is 0 Å². The van der Waals surface area contributed by atoms with Gasteiger partial charge in [0.25, 0.3) is 0 Å². The van der Waals surface area contributed by atoms with E-state index in [1.807, 2.05) is 0 Å². The van der Waals surface area contributed by atoms with Crippen LogP contribution in [0.1, 0.15) is 50.5 Å². The normalized spacial score (nSPS) is 16.5. The molecule has 0 radical (unpaired) electrons. The van der Waals surface area contributed by atoms with Crippen molar-refractivity contribution in [2.24, 2.45) is 0 Å². The van der Waals surface area contributed by atoms with Crippen molar-refractivity contribution in [3.63, 3.8) is 0 Å². The van der Waals surface area contributed by atoms with Gasteiger partial charge in [-0.15, -0.1) is 0 Å². The molecule has 0 bridgehead atoms. The van der Waals surface area contributed by atoms with Gasteiger partial charge in [-0.3, -0.25) is 0 Å². The van der Waals surface area contributed by atoms with E-state index in [0.717, 1.165) is 11.8 Å². The molecule has 0 aliphatic heterocycles. The first kappa shape index (κ1) is 14.4. The average molecular weight is 261 g/mol. The minimum Gasteiger partial charge on any atom is -0.497 e. The summed E-state index contributed by atoms with van der Waals surface area (Å²) in [5.74, 6) is 0.947. The summed E-state index contributed by atoms with van der Waals surface area (Å²) in [6, 6.07) is 9.25. The molecule has 0 heterocycles. The largest absolute Gasteiger partial charge is 0.497 e. The lowest BCUT2D eigenvalue weighted by Crippen LogP contribution is -2.31. The van der Waals surface area contributed by atoms with E-state index in [1.165, 1.54) is 63.5 Å². The number of nitrogens with one attached hydrogen (secondary N) is 1. The highest BCUT2D eigenvalue weighted by atomic mass is 16.5. The molecule has 106 valence electrons. The number of methoxy groups -OCH3 is 1. The molecule has 1 aliphatic carbocycles. The van der Waals surface area contributed by atoms with Crippen molar-refractivity contribution in [1.82, 2.24) is 5.32 Å². The predicted molar refractivity (Wildman–Crippen MR) is 80.8 cm³/mol. The number of unbranched alkanes of at least 4 members (excludes halogenated alkanes) is 1. The van der Waals surface area contributed by atoms with Crippen LogP contribution in [0.5, 0.6) is 5.75 Å². The molecule has 1 fully saturated rings. The Kier molecular flexibility index (Phi) is 6.22. The van der Waals surface area contributed by atoms with Crippen LogP contribution in [0.4, 0.5) is 0 Å². The number of benzene rings is 1. The van der Waals surface area contributed by atoms with Gasteiger partial charge in [0.05, 0.1) is 7.11 Å². The second-order valence-corrected chi connectivity index (χ2v) is 5.59. The van der Waals surface area contributed by atoms with Gasteiger partial charge in [0, 0.05) is 6.04 Å². The second-order valence-electron chi connectivity index (χ2n) is 5.59. The fourth-order valence-electron chi connectivity index (χ4n) is 2.86. The van der Waals surface area contributed by atoms with Crippen molar-refractivity contribution in [1.29, 1.82) is 0 Å². The fourth-order valence-corrected chi connectivity index (χ4v) is 2.86. The Hall–Kier alpha value is -1.02. The van der Waals surface area contributed by atoms with Crippen LogP contribution in [-0.2, 0) is 6.42 Å². The Labute approximate surface area is 117 Å². The van der Waals surface area contributed by atoms with Gasteiger partial charge in [0.15, 0.2) is 0 Å². The summed E-state index contributed by atoms with van der Waals surface area (Å²) in [6.07, 6.45) is 10.8. The van der Waals surface area contributed by atoms with E-state index in [2.05, 4.69) is 29.6 Å². The maximum Gasteiger partial charge on any atom is 0.118 e. The third kappa shape index (κ3) is 5.23. The first-order valence-electron chi connectivity index (χ1n) is 7.75. The Morgan fingerprint density at radius 1 is 1.05 bits per heavy atom. The number of hydrogen-bond donors (Lipinski definition) is 1. The smallest absolute Gasteiger partial charge is 0.118 e. The van der Waals surface area contributed by atoms with Crippen molar-refractivity contribution in [2.45, 2.75) is 57.4 Å². The quantitative estimate of drug-likeness (QED) is 0.751. The SMILES string of the molecule is COc1ccc(CCCCNC2CCCCC2)cc1. The van der Waals surface area contributed by atoms with Gasteiger partial charge in [-0.1, -0.05) is 31.4 Å². The van der Waals surface area contributed by atoms with Crippen molar-refractivity contribution in [3.05, 3.63) is 29.8 Å². The third-order valence-electron chi connectivity index (χ3n) is 4.09.